The second-order valence-electron chi connectivity index (χ2n) is 6.21. The molecule has 1 aliphatic heterocycles. The summed E-state index contributed by atoms with van der Waals surface area (Å²) in [4.78, 5) is 26.6. The van der Waals surface area contributed by atoms with E-state index in [2.05, 4.69) is 15.5 Å². The second kappa shape index (κ2) is 5.50. The largest absolute Gasteiger partial charge is 0.353 e. The van der Waals surface area contributed by atoms with E-state index in [-0.39, 0.29) is 17.7 Å². The molecule has 1 aromatic rings. The van der Waals surface area contributed by atoms with E-state index in [1.165, 1.54) is 0 Å². The topological polar surface area (TPSA) is 78.1 Å². The standard InChI is InChI=1S/C15H22N4O2/c1-9(2)13-14(20)16-7-8-19(13)15(21)12-10-5-3-4-6-11(10)17-18-12/h9,13H,3-8H2,1-2H3,(H,16,20)(H,17,18). The fraction of sp³-hybridized carbons (Fsp3) is 0.667. The van der Waals surface area contributed by atoms with Gasteiger partial charge in [0, 0.05) is 24.3 Å². The third kappa shape index (κ3) is 2.43. The van der Waals surface area contributed by atoms with Crippen molar-refractivity contribution in [2.24, 2.45) is 5.92 Å². The molecule has 0 saturated carbocycles. The van der Waals surface area contributed by atoms with Crippen molar-refractivity contribution in [1.29, 1.82) is 0 Å². The number of aromatic nitrogens is 2. The number of carbonyl (C=O) groups is 2. The van der Waals surface area contributed by atoms with Crippen molar-refractivity contribution in [2.75, 3.05) is 13.1 Å². The van der Waals surface area contributed by atoms with Gasteiger partial charge in [-0.1, -0.05) is 13.8 Å². The fourth-order valence-electron chi connectivity index (χ4n) is 3.37. The molecule has 0 aromatic carbocycles. The Kier molecular flexibility index (Phi) is 3.69. The predicted molar refractivity (Wildman–Crippen MR) is 77.9 cm³/mol. The Hall–Kier alpha value is -1.85. The van der Waals surface area contributed by atoms with E-state index in [0.29, 0.717) is 18.8 Å². The summed E-state index contributed by atoms with van der Waals surface area (Å²) in [7, 11) is 0. The molecule has 2 heterocycles. The van der Waals surface area contributed by atoms with Crippen LogP contribution < -0.4 is 5.32 Å². The Balaban J connectivity index is 1.90. The van der Waals surface area contributed by atoms with Gasteiger partial charge in [0.15, 0.2) is 5.69 Å². The highest BCUT2D eigenvalue weighted by Gasteiger charge is 2.37. The summed E-state index contributed by atoms with van der Waals surface area (Å²) in [6.07, 6.45) is 4.10. The van der Waals surface area contributed by atoms with Crippen LogP contribution in [0, 0.1) is 5.92 Å². The van der Waals surface area contributed by atoms with E-state index in [1.54, 1.807) is 4.90 Å². The van der Waals surface area contributed by atoms with Crippen molar-refractivity contribution in [3.8, 4) is 0 Å². The van der Waals surface area contributed by atoms with Crippen LogP contribution in [0.15, 0.2) is 0 Å². The number of rotatable bonds is 2. The molecule has 1 atom stereocenters. The van der Waals surface area contributed by atoms with Crippen LogP contribution in [-0.4, -0.2) is 46.0 Å². The molecule has 6 nitrogen and oxygen atoms in total. The zero-order valence-electron chi connectivity index (χ0n) is 12.6. The molecule has 1 saturated heterocycles. The molecule has 3 rings (SSSR count). The van der Waals surface area contributed by atoms with Crippen molar-refractivity contribution in [2.45, 2.75) is 45.6 Å². The van der Waals surface area contributed by atoms with Gasteiger partial charge in [0.1, 0.15) is 6.04 Å². The van der Waals surface area contributed by atoms with E-state index in [0.717, 1.165) is 36.9 Å². The third-order valence-corrected chi connectivity index (χ3v) is 4.41. The van der Waals surface area contributed by atoms with Crippen LogP contribution in [0.1, 0.15) is 48.4 Å². The van der Waals surface area contributed by atoms with E-state index in [1.807, 2.05) is 13.8 Å². The van der Waals surface area contributed by atoms with Crippen molar-refractivity contribution < 1.29 is 9.59 Å². The highest BCUT2D eigenvalue weighted by molar-refractivity contribution is 5.98. The first-order valence-electron chi connectivity index (χ1n) is 7.74. The van der Waals surface area contributed by atoms with Crippen LogP contribution in [0.3, 0.4) is 0 Å². The molecule has 1 aromatic heterocycles. The van der Waals surface area contributed by atoms with Crippen LogP contribution in [-0.2, 0) is 17.6 Å². The number of carbonyl (C=O) groups excluding carboxylic acids is 2. The minimum Gasteiger partial charge on any atom is -0.353 e. The fourth-order valence-corrected chi connectivity index (χ4v) is 3.37. The summed E-state index contributed by atoms with van der Waals surface area (Å²) < 4.78 is 0. The van der Waals surface area contributed by atoms with Gasteiger partial charge in [0.2, 0.25) is 5.91 Å². The second-order valence-corrected chi connectivity index (χ2v) is 6.21. The Morgan fingerprint density at radius 3 is 2.86 bits per heavy atom. The number of hydrogen-bond acceptors (Lipinski definition) is 3. The Morgan fingerprint density at radius 1 is 1.33 bits per heavy atom. The van der Waals surface area contributed by atoms with Crippen LogP contribution in [0.2, 0.25) is 0 Å². The smallest absolute Gasteiger partial charge is 0.275 e. The molecular weight excluding hydrogens is 268 g/mol. The van der Waals surface area contributed by atoms with Gasteiger partial charge in [-0.05, 0) is 31.6 Å². The maximum atomic E-state index is 12.9. The van der Waals surface area contributed by atoms with Gasteiger partial charge in [-0.2, -0.15) is 5.10 Å². The molecule has 21 heavy (non-hydrogen) atoms. The molecule has 2 amide bonds. The van der Waals surface area contributed by atoms with Crippen LogP contribution in [0.25, 0.3) is 0 Å². The van der Waals surface area contributed by atoms with Crippen molar-refractivity contribution in [3.05, 3.63) is 17.0 Å². The average Bonchev–Trinajstić information content (AvgIpc) is 2.89. The summed E-state index contributed by atoms with van der Waals surface area (Å²) in [5, 5.41) is 10.1. The van der Waals surface area contributed by atoms with Crippen LogP contribution >= 0.6 is 0 Å². The molecule has 0 bridgehead atoms. The molecule has 1 aliphatic carbocycles. The van der Waals surface area contributed by atoms with Crippen LogP contribution in [0.5, 0.6) is 0 Å². The molecule has 0 radical (unpaired) electrons. The van der Waals surface area contributed by atoms with E-state index in [4.69, 9.17) is 0 Å². The van der Waals surface area contributed by atoms with Crippen molar-refractivity contribution in [3.63, 3.8) is 0 Å². The molecule has 1 fully saturated rings. The predicted octanol–water partition coefficient (Wildman–Crippen LogP) is 0.885. The number of piperazine rings is 1. The molecule has 6 heteroatoms. The Morgan fingerprint density at radius 2 is 2.10 bits per heavy atom. The summed E-state index contributed by atoms with van der Waals surface area (Å²) >= 11 is 0. The SMILES string of the molecule is CC(C)C1C(=O)NCCN1C(=O)c1n[nH]c2c1CCCC2. The van der Waals surface area contributed by atoms with Gasteiger partial charge < -0.3 is 10.2 Å². The molecule has 0 spiro atoms. The number of aromatic amines is 1. The summed E-state index contributed by atoms with van der Waals surface area (Å²) in [5.74, 6) is -0.0824. The monoisotopic (exact) mass is 290 g/mol. The normalized spacial score (nSPS) is 22.1. The first-order valence-corrected chi connectivity index (χ1v) is 7.74. The number of H-pyrrole nitrogens is 1. The molecule has 2 aliphatic rings. The minimum atomic E-state index is -0.401. The number of nitrogens with zero attached hydrogens (tertiary/aromatic N) is 2. The molecular formula is C15H22N4O2. The highest BCUT2D eigenvalue weighted by atomic mass is 16.2. The lowest BCUT2D eigenvalue weighted by molar-refractivity contribution is -0.129. The first-order chi connectivity index (χ1) is 10.1. The van der Waals surface area contributed by atoms with Gasteiger partial charge in [-0.25, -0.2) is 0 Å². The minimum absolute atomic E-state index is 0.0611. The van der Waals surface area contributed by atoms with Crippen LogP contribution in [0.4, 0.5) is 0 Å². The van der Waals surface area contributed by atoms with Crippen molar-refractivity contribution >= 4 is 11.8 Å². The zero-order valence-corrected chi connectivity index (χ0v) is 12.6. The van der Waals surface area contributed by atoms with Crippen molar-refractivity contribution in [1.82, 2.24) is 20.4 Å². The van der Waals surface area contributed by atoms with Gasteiger partial charge in [-0.3, -0.25) is 14.7 Å². The van der Waals surface area contributed by atoms with E-state index >= 15 is 0 Å². The zero-order chi connectivity index (χ0) is 15.0. The number of aryl methyl sites for hydroxylation is 1. The van der Waals surface area contributed by atoms with Gasteiger partial charge in [0.25, 0.3) is 5.91 Å². The molecule has 2 N–H and O–H groups in total. The average molecular weight is 290 g/mol. The maximum absolute atomic E-state index is 12.9. The lowest BCUT2D eigenvalue weighted by Crippen LogP contribution is -2.59. The number of hydrogen-bond donors (Lipinski definition) is 2. The van der Waals surface area contributed by atoms with E-state index in [9.17, 15) is 9.59 Å². The highest BCUT2D eigenvalue weighted by Crippen LogP contribution is 2.25. The lowest BCUT2D eigenvalue weighted by Gasteiger charge is -2.37. The number of nitrogens with one attached hydrogen (secondary N) is 2. The Bertz CT molecular complexity index is 564. The van der Waals surface area contributed by atoms with E-state index < -0.39 is 6.04 Å². The molecule has 114 valence electrons. The lowest BCUT2D eigenvalue weighted by atomic mass is 9.94. The Labute approximate surface area is 124 Å². The molecule has 1 unspecified atom stereocenters. The van der Waals surface area contributed by atoms with Gasteiger partial charge in [-0.15, -0.1) is 0 Å². The maximum Gasteiger partial charge on any atom is 0.275 e. The summed E-state index contributed by atoms with van der Waals surface area (Å²) in [6.45, 7) is 5.00. The summed E-state index contributed by atoms with van der Waals surface area (Å²) in [5.41, 5.74) is 2.66. The third-order valence-electron chi connectivity index (χ3n) is 4.41. The van der Waals surface area contributed by atoms with Gasteiger partial charge in [0.05, 0.1) is 0 Å². The number of fused-ring (bicyclic) bond motifs is 1. The van der Waals surface area contributed by atoms with Gasteiger partial charge >= 0.3 is 0 Å². The summed E-state index contributed by atoms with van der Waals surface area (Å²) in [6, 6.07) is -0.401. The first kappa shape index (κ1) is 14.1. The quantitative estimate of drug-likeness (QED) is 0.849. The number of amides is 2.